The lowest BCUT2D eigenvalue weighted by Crippen LogP contribution is -2.32. The molecule has 2 aromatic carbocycles. The summed E-state index contributed by atoms with van der Waals surface area (Å²) in [5.74, 6) is 2.65. The lowest BCUT2D eigenvalue weighted by atomic mass is 9.99. The maximum atomic E-state index is 13.0. The molecule has 0 amide bonds. The van der Waals surface area contributed by atoms with Crippen molar-refractivity contribution in [3.8, 4) is 11.5 Å². The van der Waals surface area contributed by atoms with Gasteiger partial charge in [-0.25, -0.2) is 9.37 Å². The highest BCUT2D eigenvalue weighted by Gasteiger charge is 2.21. The number of nitrogens with one attached hydrogen (secondary N) is 1. The topological polar surface area (TPSA) is 59.5 Å². The number of methoxy groups -OCH3 is 2. The largest absolute Gasteiger partial charge is 0.493 e. The van der Waals surface area contributed by atoms with Gasteiger partial charge in [0, 0.05) is 25.8 Å². The van der Waals surface area contributed by atoms with E-state index in [9.17, 15) is 4.39 Å². The number of ether oxygens (including phenoxy) is 2. The van der Waals surface area contributed by atoms with Crippen LogP contribution in [0.3, 0.4) is 0 Å². The maximum Gasteiger partial charge on any atom is 0.227 e. The molecule has 1 aliphatic heterocycles. The predicted octanol–water partition coefficient (Wildman–Crippen LogP) is 3.81. The molecule has 0 unspecified atom stereocenters. The molecule has 150 valence electrons. The first kappa shape index (κ1) is 19.0. The molecule has 0 bridgehead atoms. The summed E-state index contributed by atoms with van der Waals surface area (Å²) in [4.78, 5) is 11.3. The van der Waals surface area contributed by atoms with E-state index in [1.54, 1.807) is 32.5 Å². The van der Waals surface area contributed by atoms with Crippen LogP contribution in [-0.2, 0) is 19.5 Å². The van der Waals surface area contributed by atoms with Gasteiger partial charge in [-0.05, 0) is 53.4 Å². The third-order valence-electron chi connectivity index (χ3n) is 5.03. The number of benzene rings is 2. The minimum Gasteiger partial charge on any atom is -0.493 e. The van der Waals surface area contributed by atoms with E-state index in [1.165, 1.54) is 23.3 Å². The molecule has 1 aromatic heterocycles. The molecule has 1 aliphatic rings. The van der Waals surface area contributed by atoms with Gasteiger partial charge in [0.05, 0.1) is 14.2 Å². The summed E-state index contributed by atoms with van der Waals surface area (Å²) in [6.45, 7) is 2.09. The van der Waals surface area contributed by atoms with Gasteiger partial charge in [-0.2, -0.15) is 4.98 Å². The first-order valence-electron chi connectivity index (χ1n) is 9.46. The van der Waals surface area contributed by atoms with Crippen molar-refractivity contribution in [2.75, 3.05) is 31.0 Å². The summed E-state index contributed by atoms with van der Waals surface area (Å²) in [6.07, 6.45) is 2.63. The van der Waals surface area contributed by atoms with Crippen molar-refractivity contribution in [1.29, 1.82) is 0 Å². The van der Waals surface area contributed by atoms with Gasteiger partial charge in [0.25, 0.3) is 0 Å². The first-order valence-corrected chi connectivity index (χ1v) is 9.46. The number of rotatable bonds is 6. The molecule has 1 N–H and O–H groups in total. The average molecular weight is 394 g/mol. The third kappa shape index (κ3) is 4.23. The van der Waals surface area contributed by atoms with Gasteiger partial charge in [0.15, 0.2) is 11.5 Å². The Balaban J connectivity index is 1.48. The Morgan fingerprint density at radius 1 is 1.03 bits per heavy atom. The van der Waals surface area contributed by atoms with Gasteiger partial charge in [0.2, 0.25) is 5.95 Å². The van der Waals surface area contributed by atoms with Crippen molar-refractivity contribution in [1.82, 2.24) is 9.97 Å². The zero-order valence-corrected chi connectivity index (χ0v) is 16.5. The second-order valence-electron chi connectivity index (χ2n) is 6.87. The molecule has 0 fully saturated rings. The summed E-state index contributed by atoms with van der Waals surface area (Å²) in [5.41, 5.74) is 3.42. The number of halogens is 1. The normalized spacial score (nSPS) is 13.0. The Morgan fingerprint density at radius 2 is 1.76 bits per heavy atom. The minimum atomic E-state index is -0.238. The zero-order valence-electron chi connectivity index (χ0n) is 16.5. The van der Waals surface area contributed by atoms with Crippen molar-refractivity contribution in [3.05, 3.63) is 71.2 Å². The quantitative estimate of drug-likeness (QED) is 0.686. The van der Waals surface area contributed by atoms with E-state index >= 15 is 0 Å². The second kappa shape index (κ2) is 8.34. The summed E-state index contributed by atoms with van der Waals surface area (Å²) < 4.78 is 23.9. The molecular weight excluding hydrogens is 371 g/mol. The highest BCUT2D eigenvalue weighted by atomic mass is 19.1. The lowest BCUT2D eigenvalue weighted by Gasteiger charge is -2.29. The van der Waals surface area contributed by atoms with Gasteiger partial charge >= 0.3 is 0 Å². The molecule has 0 atom stereocenters. The molecule has 0 saturated heterocycles. The Kier molecular flexibility index (Phi) is 5.46. The Bertz CT molecular complexity index is 995. The third-order valence-corrected chi connectivity index (χ3v) is 5.03. The number of hydrogen-bond acceptors (Lipinski definition) is 6. The maximum absolute atomic E-state index is 13.0. The van der Waals surface area contributed by atoms with Crippen LogP contribution in [0.15, 0.2) is 48.7 Å². The summed E-state index contributed by atoms with van der Waals surface area (Å²) in [5, 5.41) is 3.28. The van der Waals surface area contributed by atoms with E-state index in [-0.39, 0.29) is 5.82 Å². The Hall–Kier alpha value is -3.35. The van der Waals surface area contributed by atoms with Crippen molar-refractivity contribution in [3.63, 3.8) is 0 Å². The van der Waals surface area contributed by atoms with Crippen LogP contribution in [0.25, 0.3) is 0 Å². The van der Waals surface area contributed by atoms with E-state index in [2.05, 4.69) is 20.2 Å². The summed E-state index contributed by atoms with van der Waals surface area (Å²) in [6, 6.07) is 12.3. The van der Waals surface area contributed by atoms with Crippen LogP contribution in [0.2, 0.25) is 0 Å². The van der Waals surface area contributed by atoms with Gasteiger partial charge < -0.3 is 19.7 Å². The van der Waals surface area contributed by atoms with Crippen LogP contribution in [0, 0.1) is 5.82 Å². The van der Waals surface area contributed by atoms with Gasteiger partial charge in [-0.15, -0.1) is 0 Å². The highest BCUT2D eigenvalue weighted by molar-refractivity contribution is 5.51. The van der Waals surface area contributed by atoms with E-state index in [0.717, 1.165) is 35.8 Å². The van der Waals surface area contributed by atoms with E-state index in [0.29, 0.717) is 19.0 Å². The molecule has 29 heavy (non-hydrogen) atoms. The minimum absolute atomic E-state index is 0.238. The molecule has 2 heterocycles. The molecule has 0 saturated carbocycles. The number of aromatic nitrogens is 2. The fraction of sp³-hybridized carbons (Fsp3) is 0.273. The fourth-order valence-corrected chi connectivity index (χ4v) is 3.45. The first-order chi connectivity index (χ1) is 14.2. The van der Waals surface area contributed by atoms with E-state index in [1.807, 2.05) is 18.2 Å². The molecule has 6 nitrogen and oxygen atoms in total. The average Bonchev–Trinajstić information content (AvgIpc) is 2.77. The standard InChI is InChI=1S/C22H23FN4O2/c1-28-19-11-16-8-10-27(14-17(16)12-20(19)29-2)22-24-9-7-21(26-22)25-13-15-3-5-18(23)6-4-15/h3-7,9,11-12H,8,10,13-14H2,1-2H3,(H,24,25,26). The number of fused-ring (bicyclic) bond motifs is 1. The van der Waals surface area contributed by atoms with Gasteiger partial charge in [-0.1, -0.05) is 12.1 Å². The smallest absolute Gasteiger partial charge is 0.227 e. The summed E-state index contributed by atoms with van der Waals surface area (Å²) in [7, 11) is 3.29. The van der Waals surface area contributed by atoms with Crippen LogP contribution in [-0.4, -0.2) is 30.7 Å². The van der Waals surface area contributed by atoms with Crippen LogP contribution in [0.4, 0.5) is 16.2 Å². The van der Waals surface area contributed by atoms with Crippen molar-refractivity contribution >= 4 is 11.8 Å². The molecule has 0 radical (unpaired) electrons. The Labute approximate surface area is 169 Å². The van der Waals surface area contributed by atoms with Crippen LogP contribution in [0.5, 0.6) is 11.5 Å². The molecule has 4 rings (SSSR count). The molecule has 0 spiro atoms. The fourth-order valence-electron chi connectivity index (χ4n) is 3.45. The van der Waals surface area contributed by atoms with E-state index < -0.39 is 0 Å². The molecular formula is C22H23FN4O2. The summed E-state index contributed by atoms with van der Waals surface area (Å²) >= 11 is 0. The van der Waals surface area contributed by atoms with E-state index in [4.69, 9.17) is 9.47 Å². The van der Waals surface area contributed by atoms with Crippen LogP contribution in [0.1, 0.15) is 16.7 Å². The van der Waals surface area contributed by atoms with Crippen LogP contribution >= 0.6 is 0 Å². The number of hydrogen-bond donors (Lipinski definition) is 1. The molecule has 7 heteroatoms. The van der Waals surface area contributed by atoms with Crippen molar-refractivity contribution in [2.45, 2.75) is 19.5 Å². The Morgan fingerprint density at radius 3 is 2.48 bits per heavy atom. The highest BCUT2D eigenvalue weighted by Crippen LogP contribution is 2.34. The van der Waals surface area contributed by atoms with Crippen molar-refractivity contribution in [2.24, 2.45) is 0 Å². The number of nitrogens with zero attached hydrogens (tertiary/aromatic N) is 3. The van der Waals surface area contributed by atoms with Crippen molar-refractivity contribution < 1.29 is 13.9 Å². The lowest BCUT2D eigenvalue weighted by molar-refractivity contribution is 0.353. The van der Waals surface area contributed by atoms with Gasteiger partial charge in [-0.3, -0.25) is 0 Å². The predicted molar refractivity (Wildman–Crippen MR) is 110 cm³/mol. The monoisotopic (exact) mass is 394 g/mol. The zero-order chi connectivity index (χ0) is 20.2. The van der Waals surface area contributed by atoms with Gasteiger partial charge in [0.1, 0.15) is 11.6 Å². The van der Waals surface area contributed by atoms with Crippen LogP contribution < -0.4 is 19.7 Å². The SMILES string of the molecule is COc1cc2c(cc1OC)CN(c1nccc(NCc3ccc(F)cc3)n1)CC2. The molecule has 0 aliphatic carbocycles. The second-order valence-corrected chi connectivity index (χ2v) is 6.87. The molecule has 3 aromatic rings. The number of anilines is 2.